The largest absolute Gasteiger partial charge is 0.383 e. The Kier molecular flexibility index (Phi) is 5.27. The van der Waals surface area contributed by atoms with Crippen molar-refractivity contribution in [1.82, 2.24) is 9.80 Å². The van der Waals surface area contributed by atoms with Gasteiger partial charge in [-0.2, -0.15) is 0 Å². The topological polar surface area (TPSA) is 59.1 Å². The Balaban J connectivity index is 1.64. The van der Waals surface area contributed by atoms with Crippen molar-refractivity contribution >= 4 is 17.9 Å². The van der Waals surface area contributed by atoms with Gasteiger partial charge in [0.05, 0.1) is 18.8 Å². The minimum atomic E-state index is -0.117. The second-order valence-electron chi connectivity index (χ2n) is 5.98. The lowest BCUT2D eigenvalue weighted by Gasteiger charge is -2.36. The van der Waals surface area contributed by atoms with Crippen LogP contribution in [0.3, 0.4) is 0 Å². The van der Waals surface area contributed by atoms with Gasteiger partial charge in [0, 0.05) is 32.8 Å². The molecule has 0 radical (unpaired) electrons. The van der Waals surface area contributed by atoms with Crippen molar-refractivity contribution in [2.45, 2.75) is 12.1 Å². The molecule has 6 nitrogen and oxygen atoms in total. The number of morpholine rings is 1. The molecule has 6 heteroatoms. The van der Waals surface area contributed by atoms with Crippen LogP contribution in [-0.2, 0) is 19.1 Å². The smallest absolute Gasteiger partial charge is 0.249 e. The van der Waals surface area contributed by atoms with E-state index in [2.05, 4.69) is 0 Å². The SMILES string of the molecule is COCCN1C(=O)CO[C@H]2CN(C(=O)/C=C/c3ccccc3)C[C@@H]21. The standard InChI is InChI=1S/C18H22N2O4/c1-23-10-9-20-15-11-19(12-16(15)24-13-18(20)22)17(21)8-7-14-5-3-2-4-6-14/h2-8,15-16H,9-13H2,1H3/b8-7+/t15-,16-/m0/s1. The van der Waals surface area contributed by atoms with Crippen LogP contribution in [0, 0.1) is 0 Å². The predicted molar refractivity (Wildman–Crippen MR) is 89.2 cm³/mol. The number of benzene rings is 1. The summed E-state index contributed by atoms with van der Waals surface area (Å²) in [6.07, 6.45) is 3.26. The van der Waals surface area contributed by atoms with E-state index in [0.29, 0.717) is 26.2 Å². The number of rotatable bonds is 5. The average molecular weight is 330 g/mol. The molecule has 0 N–H and O–H groups in total. The Labute approximate surface area is 141 Å². The Hall–Kier alpha value is -2.18. The van der Waals surface area contributed by atoms with Gasteiger partial charge in [0.2, 0.25) is 11.8 Å². The van der Waals surface area contributed by atoms with Gasteiger partial charge in [-0.15, -0.1) is 0 Å². The summed E-state index contributed by atoms with van der Waals surface area (Å²) in [4.78, 5) is 28.0. The van der Waals surface area contributed by atoms with Crippen LogP contribution in [0.1, 0.15) is 5.56 Å². The maximum absolute atomic E-state index is 12.4. The number of hydrogen-bond acceptors (Lipinski definition) is 4. The number of nitrogens with zero attached hydrogens (tertiary/aromatic N) is 2. The van der Waals surface area contributed by atoms with Gasteiger partial charge in [0.15, 0.2) is 0 Å². The van der Waals surface area contributed by atoms with Crippen LogP contribution in [0.25, 0.3) is 6.08 Å². The second kappa shape index (κ2) is 7.59. The number of amides is 2. The number of methoxy groups -OCH3 is 1. The van der Waals surface area contributed by atoms with Crippen LogP contribution < -0.4 is 0 Å². The number of carbonyl (C=O) groups is 2. The molecule has 2 heterocycles. The molecule has 2 saturated heterocycles. The fourth-order valence-electron chi connectivity index (χ4n) is 3.16. The highest BCUT2D eigenvalue weighted by Crippen LogP contribution is 2.23. The zero-order chi connectivity index (χ0) is 16.9. The molecule has 2 aliphatic rings. The number of ether oxygens (including phenoxy) is 2. The number of carbonyl (C=O) groups excluding carboxylic acids is 2. The van der Waals surface area contributed by atoms with Crippen molar-refractivity contribution < 1.29 is 19.1 Å². The summed E-state index contributed by atoms with van der Waals surface area (Å²) in [5, 5.41) is 0. The highest BCUT2D eigenvalue weighted by molar-refractivity contribution is 5.92. The quantitative estimate of drug-likeness (QED) is 0.749. The molecule has 0 bridgehead atoms. The van der Waals surface area contributed by atoms with Gasteiger partial charge in [0.1, 0.15) is 6.61 Å². The van der Waals surface area contributed by atoms with Crippen LogP contribution >= 0.6 is 0 Å². The molecule has 2 aliphatic heterocycles. The lowest BCUT2D eigenvalue weighted by atomic mass is 10.1. The second-order valence-corrected chi connectivity index (χ2v) is 5.98. The van der Waals surface area contributed by atoms with Gasteiger partial charge in [-0.25, -0.2) is 0 Å². The van der Waals surface area contributed by atoms with E-state index < -0.39 is 0 Å². The van der Waals surface area contributed by atoms with Gasteiger partial charge in [-0.05, 0) is 11.6 Å². The lowest BCUT2D eigenvalue weighted by Crippen LogP contribution is -2.54. The molecule has 128 valence electrons. The van der Waals surface area contributed by atoms with Crippen molar-refractivity contribution in [1.29, 1.82) is 0 Å². The van der Waals surface area contributed by atoms with E-state index in [1.807, 2.05) is 30.3 Å². The molecule has 2 atom stereocenters. The molecular formula is C18H22N2O4. The van der Waals surface area contributed by atoms with Crippen molar-refractivity contribution in [3.05, 3.63) is 42.0 Å². The Morgan fingerprint density at radius 2 is 2.12 bits per heavy atom. The third-order valence-electron chi connectivity index (χ3n) is 4.44. The number of fused-ring (bicyclic) bond motifs is 1. The highest BCUT2D eigenvalue weighted by Gasteiger charge is 2.43. The van der Waals surface area contributed by atoms with Crippen LogP contribution in [0.4, 0.5) is 0 Å². The molecule has 0 aliphatic carbocycles. The van der Waals surface area contributed by atoms with Gasteiger partial charge >= 0.3 is 0 Å². The summed E-state index contributed by atoms with van der Waals surface area (Å²) >= 11 is 0. The third kappa shape index (κ3) is 3.66. The predicted octanol–water partition coefficient (Wildman–Crippen LogP) is 0.784. The zero-order valence-corrected chi connectivity index (χ0v) is 13.8. The summed E-state index contributed by atoms with van der Waals surface area (Å²) in [6.45, 7) is 2.10. The van der Waals surface area contributed by atoms with Crippen molar-refractivity contribution in [3.8, 4) is 0 Å². The van der Waals surface area contributed by atoms with E-state index in [9.17, 15) is 9.59 Å². The Morgan fingerprint density at radius 3 is 2.88 bits per heavy atom. The fraction of sp³-hybridized carbons (Fsp3) is 0.444. The summed E-state index contributed by atoms with van der Waals surface area (Å²) in [7, 11) is 1.61. The first-order chi connectivity index (χ1) is 11.7. The highest BCUT2D eigenvalue weighted by atomic mass is 16.5. The molecule has 2 fully saturated rings. The number of hydrogen-bond donors (Lipinski definition) is 0. The molecular weight excluding hydrogens is 308 g/mol. The van der Waals surface area contributed by atoms with Crippen molar-refractivity contribution in [2.24, 2.45) is 0 Å². The fourth-order valence-corrected chi connectivity index (χ4v) is 3.16. The van der Waals surface area contributed by atoms with Crippen LogP contribution in [0.5, 0.6) is 0 Å². The molecule has 3 rings (SSSR count). The first-order valence-electron chi connectivity index (χ1n) is 8.11. The van der Waals surface area contributed by atoms with Gasteiger partial charge < -0.3 is 19.3 Å². The van der Waals surface area contributed by atoms with E-state index in [4.69, 9.17) is 9.47 Å². The molecule has 0 aromatic heterocycles. The van der Waals surface area contributed by atoms with E-state index in [0.717, 1.165) is 5.56 Å². The van der Waals surface area contributed by atoms with E-state index in [1.54, 1.807) is 29.1 Å². The summed E-state index contributed by atoms with van der Waals surface area (Å²) in [5.41, 5.74) is 0.982. The molecule has 0 saturated carbocycles. The van der Waals surface area contributed by atoms with Crippen molar-refractivity contribution in [3.63, 3.8) is 0 Å². The summed E-state index contributed by atoms with van der Waals surface area (Å²) < 4.78 is 10.7. The van der Waals surface area contributed by atoms with Crippen LogP contribution in [0.2, 0.25) is 0 Å². The molecule has 0 spiro atoms. The first-order valence-corrected chi connectivity index (χ1v) is 8.11. The molecule has 2 amide bonds. The minimum Gasteiger partial charge on any atom is -0.383 e. The molecule has 1 aromatic carbocycles. The molecule has 1 aromatic rings. The zero-order valence-electron chi connectivity index (χ0n) is 13.8. The van der Waals surface area contributed by atoms with Crippen molar-refractivity contribution in [2.75, 3.05) is 40.0 Å². The normalized spacial score (nSPS) is 23.8. The van der Waals surface area contributed by atoms with Crippen LogP contribution in [0.15, 0.2) is 36.4 Å². The minimum absolute atomic E-state index is 0.0394. The maximum Gasteiger partial charge on any atom is 0.249 e. The average Bonchev–Trinajstić information content (AvgIpc) is 3.04. The maximum atomic E-state index is 12.4. The third-order valence-corrected chi connectivity index (χ3v) is 4.44. The summed E-state index contributed by atoms with van der Waals surface area (Å²) in [6, 6.07) is 9.61. The summed E-state index contributed by atoms with van der Waals surface area (Å²) in [5.74, 6) is -0.0987. The van der Waals surface area contributed by atoms with E-state index >= 15 is 0 Å². The van der Waals surface area contributed by atoms with E-state index in [1.165, 1.54) is 0 Å². The van der Waals surface area contributed by atoms with Gasteiger partial charge in [0.25, 0.3) is 0 Å². The number of likely N-dealkylation sites (tertiary alicyclic amines) is 1. The first kappa shape index (κ1) is 16.7. The monoisotopic (exact) mass is 330 g/mol. The van der Waals surface area contributed by atoms with E-state index in [-0.39, 0.29) is 30.6 Å². The molecule has 0 unspecified atom stereocenters. The lowest BCUT2D eigenvalue weighted by molar-refractivity contribution is -0.153. The van der Waals surface area contributed by atoms with Gasteiger partial charge in [-0.1, -0.05) is 30.3 Å². The Bertz CT molecular complexity index is 617. The van der Waals surface area contributed by atoms with Gasteiger partial charge in [-0.3, -0.25) is 9.59 Å². The van der Waals surface area contributed by atoms with Crippen LogP contribution in [-0.4, -0.2) is 73.7 Å². The molecule has 24 heavy (non-hydrogen) atoms. The Morgan fingerprint density at radius 1 is 1.33 bits per heavy atom.